The van der Waals surface area contributed by atoms with Gasteiger partial charge in [-0.2, -0.15) is 0 Å². The maximum Gasteiger partial charge on any atom is 0.410 e. The molecule has 28 heavy (non-hydrogen) atoms. The van der Waals surface area contributed by atoms with Gasteiger partial charge in [-0.3, -0.25) is 4.99 Å². The lowest BCUT2D eigenvalue weighted by Crippen LogP contribution is -2.63. The first-order valence-electron chi connectivity index (χ1n) is 9.47. The molecule has 0 bridgehead atoms. The van der Waals surface area contributed by atoms with E-state index in [1.165, 1.54) is 0 Å². The number of carbonyl (C=O) groups is 1. The molecule has 0 saturated carbocycles. The van der Waals surface area contributed by atoms with Crippen LogP contribution in [-0.2, 0) is 4.74 Å². The van der Waals surface area contributed by atoms with Crippen LogP contribution in [0, 0.1) is 0 Å². The molecule has 1 aromatic heterocycles. The summed E-state index contributed by atoms with van der Waals surface area (Å²) in [4.78, 5) is 22.1. The van der Waals surface area contributed by atoms with Crippen molar-refractivity contribution in [2.45, 2.75) is 45.3 Å². The third-order valence-corrected chi connectivity index (χ3v) is 3.96. The lowest BCUT2D eigenvalue weighted by atomic mass is 10.1. The zero-order valence-corrected chi connectivity index (χ0v) is 19.5. The Kier molecular flexibility index (Phi) is 10.3. The summed E-state index contributed by atoms with van der Waals surface area (Å²) in [6, 6.07) is 6.04. The van der Waals surface area contributed by atoms with Crippen molar-refractivity contribution in [1.29, 1.82) is 0 Å². The number of amides is 1. The number of aliphatic imine (C=N–C) groups is 1. The minimum absolute atomic E-state index is 0. The van der Waals surface area contributed by atoms with Crippen molar-refractivity contribution in [3.63, 3.8) is 0 Å². The first kappa shape index (κ1) is 24.3. The third kappa shape index (κ3) is 8.94. The minimum Gasteiger partial charge on any atom is -0.444 e. The van der Waals surface area contributed by atoms with E-state index in [0.29, 0.717) is 13.1 Å². The SMILES string of the molecule is CN=C(NCCCCNc1ccccn1)NC1CN(C(=O)OC(C)(C)C)C1.I. The number of unbranched alkanes of at least 4 members (excludes halogenated alkanes) is 1. The van der Waals surface area contributed by atoms with Crippen molar-refractivity contribution in [2.75, 3.05) is 38.5 Å². The fraction of sp³-hybridized carbons (Fsp3) is 0.632. The third-order valence-electron chi connectivity index (χ3n) is 3.96. The molecule has 0 unspecified atom stereocenters. The number of guanidine groups is 1. The maximum absolute atomic E-state index is 11.9. The quantitative estimate of drug-likeness (QED) is 0.229. The molecule has 1 amide bonds. The van der Waals surface area contributed by atoms with Gasteiger partial charge in [0.1, 0.15) is 11.4 Å². The van der Waals surface area contributed by atoms with E-state index >= 15 is 0 Å². The number of nitrogens with zero attached hydrogens (tertiary/aromatic N) is 3. The normalized spacial score (nSPS) is 14.6. The Balaban J connectivity index is 0.00000392. The van der Waals surface area contributed by atoms with Gasteiger partial charge in [-0.15, -0.1) is 24.0 Å². The molecule has 0 atom stereocenters. The fourth-order valence-corrected chi connectivity index (χ4v) is 2.57. The average Bonchev–Trinajstić information content (AvgIpc) is 2.58. The highest BCUT2D eigenvalue weighted by Crippen LogP contribution is 2.15. The van der Waals surface area contributed by atoms with E-state index in [1.807, 2.05) is 39.0 Å². The summed E-state index contributed by atoms with van der Waals surface area (Å²) < 4.78 is 5.36. The van der Waals surface area contributed by atoms with Crippen LogP contribution in [0.1, 0.15) is 33.6 Å². The second-order valence-corrected chi connectivity index (χ2v) is 7.57. The molecule has 158 valence electrons. The Labute approximate surface area is 184 Å². The predicted molar refractivity (Wildman–Crippen MR) is 123 cm³/mol. The van der Waals surface area contributed by atoms with E-state index in [4.69, 9.17) is 4.74 Å². The van der Waals surface area contributed by atoms with Crippen LogP contribution in [0.2, 0.25) is 0 Å². The number of carbonyl (C=O) groups excluding carboxylic acids is 1. The molecule has 9 heteroatoms. The summed E-state index contributed by atoms with van der Waals surface area (Å²) in [7, 11) is 1.75. The van der Waals surface area contributed by atoms with E-state index in [1.54, 1.807) is 18.1 Å². The Bertz CT molecular complexity index is 615. The van der Waals surface area contributed by atoms with E-state index < -0.39 is 5.60 Å². The lowest BCUT2D eigenvalue weighted by Gasteiger charge is -2.40. The summed E-state index contributed by atoms with van der Waals surface area (Å²) >= 11 is 0. The van der Waals surface area contributed by atoms with Crippen molar-refractivity contribution < 1.29 is 9.53 Å². The molecule has 1 fully saturated rings. The van der Waals surface area contributed by atoms with Gasteiger partial charge in [0.05, 0.1) is 6.04 Å². The molecule has 1 aromatic rings. The number of pyridine rings is 1. The summed E-state index contributed by atoms with van der Waals surface area (Å²) in [5, 5.41) is 9.94. The van der Waals surface area contributed by atoms with Gasteiger partial charge in [0, 0.05) is 39.4 Å². The monoisotopic (exact) mass is 504 g/mol. The zero-order chi connectivity index (χ0) is 19.7. The Morgan fingerprint density at radius 3 is 2.61 bits per heavy atom. The van der Waals surface area contributed by atoms with Gasteiger partial charge in [0.2, 0.25) is 0 Å². The molecular formula is C19H33IN6O2. The second-order valence-electron chi connectivity index (χ2n) is 7.57. The molecule has 1 aliphatic heterocycles. The molecule has 1 aliphatic rings. The largest absolute Gasteiger partial charge is 0.444 e. The van der Waals surface area contributed by atoms with Crippen LogP contribution in [0.4, 0.5) is 10.6 Å². The molecule has 2 heterocycles. The van der Waals surface area contributed by atoms with Crippen LogP contribution >= 0.6 is 24.0 Å². The number of rotatable bonds is 7. The topological polar surface area (TPSA) is 90.9 Å². The maximum atomic E-state index is 11.9. The summed E-state index contributed by atoms with van der Waals surface area (Å²) in [6.45, 7) is 8.60. The van der Waals surface area contributed by atoms with Crippen LogP contribution in [0.3, 0.4) is 0 Å². The lowest BCUT2D eigenvalue weighted by molar-refractivity contribution is 0.00701. The van der Waals surface area contributed by atoms with E-state index in [9.17, 15) is 4.79 Å². The van der Waals surface area contributed by atoms with Gasteiger partial charge >= 0.3 is 6.09 Å². The number of hydrogen-bond acceptors (Lipinski definition) is 5. The zero-order valence-electron chi connectivity index (χ0n) is 17.2. The van der Waals surface area contributed by atoms with Gasteiger partial charge in [-0.05, 0) is 45.7 Å². The first-order chi connectivity index (χ1) is 12.9. The van der Waals surface area contributed by atoms with Gasteiger partial charge in [0.25, 0.3) is 0 Å². The summed E-state index contributed by atoms with van der Waals surface area (Å²) in [5.41, 5.74) is -0.460. The fourth-order valence-electron chi connectivity index (χ4n) is 2.57. The van der Waals surface area contributed by atoms with Crippen molar-refractivity contribution in [2.24, 2.45) is 4.99 Å². The Morgan fingerprint density at radius 2 is 2.00 bits per heavy atom. The van der Waals surface area contributed by atoms with Crippen LogP contribution in [0.5, 0.6) is 0 Å². The number of nitrogens with one attached hydrogen (secondary N) is 3. The number of anilines is 1. The van der Waals surface area contributed by atoms with Crippen molar-refractivity contribution >= 4 is 41.8 Å². The van der Waals surface area contributed by atoms with Gasteiger partial charge in [0.15, 0.2) is 5.96 Å². The highest BCUT2D eigenvalue weighted by Gasteiger charge is 2.34. The minimum atomic E-state index is -0.460. The Morgan fingerprint density at radius 1 is 1.29 bits per heavy atom. The number of ether oxygens (including phenoxy) is 1. The summed E-state index contributed by atoms with van der Waals surface area (Å²) in [5.74, 6) is 1.67. The highest BCUT2D eigenvalue weighted by atomic mass is 127. The first-order valence-corrected chi connectivity index (χ1v) is 9.47. The standard InChI is InChI=1S/C19H32N6O2.HI/c1-19(2,3)27-18(26)25-13-15(14-25)24-17(20-4)23-12-8-7-11-22-16-9-5-6-10-21-16;/h5-6,9-10,15H,7-8,11-14H2,1-4H3,(H,21,22)(H2,20,23,24);1H. The van der Waals surface area contributed by atoms with Crippen LogP contribution in [0.15, 0.2) is 29.4 Å². The molecule has 2 rings (SSSR count). The van der Waals surface area contributed by atoms with Gasteiger partial charge in [-0.25, -0.2) is 9.78 Å². The number of aromatic nitrogens is 1. The molecule has 1 saturated heterocycles. The molecule has 8 nitrogen and oxygen atoms in total. The molecule has 0 aromatic carbocycles. The summed E-state index contributed by atoms with van der Waals surface area (Å²) in [6.07, 6.45) is 3.58. The smallest absolute Gasteiger partial charge is 0.410 e. The molecular weight excluding hydrogens is 471 g/mol. The average molecular weight is 504 g/mol. The van der Waals surface area contributed by atoms with E-state index in [-0.39, 0.29) is 36.1 Å². The predicted octanol–water partition coefficient (Wildman–Crippen LogP) is 2.68. The van der Waals surface area contributed by atoms with Crippen molar-refractivity contribution in [3.05, 3.63) is 24.4 Å². The molecule has 3 N–H and O–H groups in total. The molecule has 0 spiro atoms. The van der Waals surface area contributed by atoms with Crippen LogP contribution in [-0.4, -0.2) is 66.8 Å². The molecule has 0 radical (unpaired) electrons. The second kappa shape index (κ2) is 11.9. The van der Waals surface area contributed by atoms with Crippen LogP contribution < -0.4 is 16.0 Å². The van der Waals surface area contributed by atoms with Gasteiger partial charge < -0.3 is 25.6 Å². The Hall–Kier alpha value is -1.78. The number of hydrogen-bond donors (Lipinski definition) is 3. The van der Waals surface area contributed by atoms with E-state index in [0.717, 1.165) is 37.7 Å². The van der Waals surface area contributed by atoms with E-state index in [2.05, 4.69) is 25.9 Å². The van der Waals surface area contributed by atoms with Crippen molar-refractivity contribution in [3.8, 4) is 0 Å². The highest BCUT2D eigenvalue weighted by molar-refractivity contribution is 14.0. The van der Waals surface area contributed by atoms with Crippen molar-refractivity contribution in [1.82, 2.24) is 20.5 Å². The molecule has 0 aliphatic carbocycles. The number of halogens is 1. The number of likely N-dealkylation sites (tertiary alicyclic amines) is 1. The van der Waals surface area contributed by atoms with Crippen LogP contribution in [0.25, 0.3) is 0 Å². The van der Waals surface area contributed by atoms with Gasteiger partial charge in [-0.1, -0.05) is 6.07 Å².